The van der Waals surface area contributed by atoms with E-state index in [1.54, 1.807) is 42.6 Å². The summed E-state index contributed by atoms with van der Waals surface area (Å²) < 4.78 is 0. The van der Waals surface area contributed by atoms with Gasteiger partial charge in [0.25, 0.3) is 0 Å². The summed E-state index contributed by atoms with van der Waals surface area (Å²) in [6.07, 6.45) is -0.261. The summed E-state index contributed by atoms with van der Waals surface area (Å²) in [5, 5.41) is 41.7. The van der Waals surface area contributed by atoms with Crippen LogP contribution in [0.1, 0.15) is 75.8 Å². The molecule has 27 nitrogen and oxygen atoms in total. The van der Waals surface area contributed by atoms with Crippen molar-refractivity contribution >= 4 is 93.5 Å². The number of guanidine groups is 2. The van der Waals surface area contributed by atoms with Crippen molar-refractivity contribution < 1.29 is 47.9 Å². The maximum absolute atomic E-state index is 14.6. The van der Waals surface area contributed by atoms with Gasteiger partial charge < -0.3 is 81.1 Å². The first-order valence-electron chi connectivity index (χ1n) is 24.5. The molecular formula is C48H68ClN17O10. The number of fused-ring (bicyclic) bond motifs is 1. The number of rotatable bonds is 18. The minimum atomic E-state index is -1.82. The zero-order chi connectivity index (χ0) is 55.9. The van der Waals surface area contributed by atoms with Crippen molar-refractivity contribution in [2.45, 2.75) is 120 Å². The summed E-state index contributed by atoms with van der Waals surface area (Å²) in [5.41, 5.74) is 23.9. The molecule has 3 aromatic rings. The maximum Gasteiger partial charge on any atom is 0.243 e. The van der Waals surface area contributed by atoms with Crippen molar-refractivity contribution in [3.8, 4) is 0 Å². The lowest BCUT2D eigenvalue weighted by molar-refractivity contribution is -0.136. The Hall–Kier alpha value is -8.49. The second-order valence-electron chi connectivity index (χ2n) is 18.0. The van der Waals surface area contributed by atoms with Crippen LogP contribution in [0.2, 0.25) is 5.02 Å². The molecule has 0 bridgehead atoms. The van der Waals surface area contributed by atoms with Crippen molar-refractivity contribution in [3.05, 3.63) is 70.9 Å². The van der Waals surface area contributed by atoms with Gasteiger partial charge in [0.2, 0.25) is 59.1 Å². The number of carbonyl (C=O) groups excluding carboxylic acids is 10. The second kappa shape index (κ2) is 30.0. The van der Waals surface area contributed by atoms with E-state index in [1.807, 2.05) is 6.07 Å². The summed E-state index contributed by atoms with van der Waals surface area (Å²) in [6, 6.07) is 3.09. The summed E-state index contributed by atoms with van der Waals surface area (Å²) >= 11 is 6.53. The fraction of sp³-hybridized carbons (Fsp3) is 0.458. The van der Waals surface area contributed by atoms with Gasteiger partial charge in [0, 0.05) is 67.9 Å². The van der Waals surface area contributed by atoms with E-state index in [9.17, 15) is 47.9 Å². The molecule has 21 N–H and O–H groups in total. The number of carbonyl (C=O) groups is 10. The number of nitrogens with two attached hydrogens (primary N) is 4. The lowest BCUT2D eigenvalue weighted by Gasteiger charge is -2.28. The molecule has 0 aliphatic carbocycles. The van der Waals surface area contributed by atoms with Crippen LogP contribution >= 0.6 is 11.6 Å². The minimum Gasteiger partial charge on any atom is -0.370 e. The number of H-pyrrole nitrogens is 1. The number of primary amides is 2. The van der Waals surface area contributed by atoms with Crippen LogP contribution in [-0.4, -0.2) is 138 Å². The van der Waals surface area contributed by atoms with E-state index in [2.05, 4.69) is 58.2 Å². The number of aromatic amines is 1. The third kappa shape index (κ3) is 20.1. The Morgan fingerprint density at radius 1 is 0.711 bits per heavy atom. The van der Waals surface area contributed by atoms with Gasteiger partial charge in [0.1, 0.15) is 42.3 Å². The zero-order valence-electron chi connectivity index (χ0n) is 41.9. The molecule has 4 rings (SSSR count). The Labute approximate surface area is 442 Å². The average Bonchev–Trinajstić information content (AvgIpc) is 3.76. The van der Waals surface area contributed by atoms with Crippen molar-refractivity contribution in [1.29, 1.82) is 10.8 Å². The van der Waals surface area contributed by atoms with Crippen molar-refractivity contribution in [2.75, 3.05) is 19.6 Å². The van der Waals surface area contributed by atoms with Gasteiger partial charge in [0.05, 0.1) is 6.42 Å². The summed E-state index contributed by atoms with van der Waals surface area (Å²) in [7, 11) is 0. The van der Waals surface area contributed by atoms with Gasteiger partial charge in [-0.3, -0.25) is 58.8 Å². The first-order valence-corrected chi connectivity index (χ1v) is 24.9. The topological polar surface area (TPSA) is 459 Å². The predicted octanol–water partition coefficient (Wildman–Crippen LogP) is -3.40. The molecule has 1 fully saturated rings. The number of nitrogens with one attached hydrogen (secondary N) is 13. The van der Waals surface area contributed by atoms with Gasteiger partial charge in [-0.15, -0.1) is 0 Å². The molecule has 0 radical (unpaired) electrons. The largest absolute Gasteiger partial charge is 0.370 e. The Balaban J connectivity index is 1.79. The highest BCUT2D eigenvalue weighted by Crippen LogP contribution is 2.21. The van der Waals surface area contributed by atoms with E-state index in [1.165, 1.54) is 6.07 Å². The molecule has 1 aromatic heterocycles. The van der Waals surface area contributed by atoms with Crippen LogP contribution in [0.25, 0.3) is 10.9 Å². The normalized spacial score (nSPS) is 20.9. The van der Waals surface area contributed by atoms with Crippen LogP contribution in [0, 0.1) is 10.8 Å². The lowest BCUT2D eigenvalue weighted by Crippen LogP contribution is -2.61. The van der Waals surface area contributed by atoms with Gasteiger partial charge in [-0.05, 0) is 68.2 Å². The lowest BCUT2D eigenvalue weighted by atomic mass is 10.0. The number of halogens is 1. The molecule has 28 heteroatoms. The molecule has 1 aliphatic heterocycles. The van der Waals surface area contributed by atoms with E-state index in [-0.39, 0.29) is 87.9 Å². The highest BCUT2D eigenvalue weighted by Gasteiger charge is 2.35. The SMILES string of the molecule is CC(=O)N[C@@H](CCCNC(=N)N)C(=O)N[C@H]1CCC(=O)NCCCC(C(N)=O)NC(=O)[C@H](Cc2c[nH]c3ccccc23)NC(=O)[C@H](CCCNC(=N)N)NC(=O)[C@@H](Cc2ccccc2Cl)NC(=O)[C@H](CC(N)=O)NC1=O. The van der Waals surface area contributed by atoms with Crippen LogP contribution in [-0.2, 0) is 60.8 Å². The Bertz CT molecular complexity index is 2610. The minimum absolute atomic E-state index is 0.00255. The first-order chi connectivity index (χ1) is 36.1. The van der Waals surface area contributed by atoms with E-state index < -0.39 is 121 Å². The first kappa shape index (κ1) is 60.1. The molecule has 76 heavy (non-hydrogen) atoms. The number of hydrogen-bond acceptors (Lipinski definition) is 12. The van der Waals surface area contributed by atoms with Gasteiger partial charge in [-0.25, -0.2) is 0 Å². The number of benzene rings is 2. The number of amides is 10. The van der Waals surface area contributed by atoms with Gasteiger partial charge >= 0.3 is 0 Å². The average molecular weight is 1080 g/mol. The predicted molar refractivity (Wildman–Crippen MR) is 279 cm³/mol. The van der Waals surface area contributed by atoms with E-state index in [0.29, 0.717) is 11.1 Å². The molecule has 1 aliphatic rings. The van der Waals surface area contributed by atoms with Crippen molar-refractivity contribution in [3.63, 3.8) is 0 Å². The van der Waals surface area contributed by atoms with Crippen molar-refractivity contribution in [1.82, 2.24) is 58.2 Å². The molecule has 412 valence electrons. The Kier molecular flexibility index (Phi) is 23.7. The van der Waals surface area contributed by atoms with Gasteiger partial charge in [0.15, 0.2) is 11.9 Å². The second-order valence-corrected chi connectivity index (χ2v) is 18.5. The van der Waals surface area contributed by atoms with Gasteiger partial charge in [-0.1, -0.05) is 48.0 Å². The van der Waals surface area contributed by atoms with Crippen LogP contribution in [0.15, 0.2) is 54.7 Å². The molecule has 7 atom stereocenters. The standard InChI is InChI=1S/C48H68ClN17O10/c1-25(67)60-32(14-7-19-57-47(52)53)41(71)63-34-16-17-39(69)56-18-6-13-31(40(51)70)61-44(74)36(22-27-24-59-30-12-5-3-10-28(27)30)64-42(72)33(15-8-20-58-48(54)55)62-45(75)35(21-26-9-2-4-11-29(26)49)65-46(76)37(23-38(50)68)66-43(34)73/h2-5,9-12,24,31-37,59H,6-8,13-23H2,1H3,(H2,50,68)(H2,51,70)(H,56,69)(H,60,67)(H,61,74)(H,62,75)(H,63,71)(H,64,72)(H,65,76)(H,66,73)(H4,52,53,57)(H4,54,55,58)/t31?,32-,33-,34-,35+,36-,37-/m0/s1. The van der Waals surface area contributed by atoms with Crippen molar-refractivity contribution in [2.24, 2.45) is 22.9 Å². The molecule has 0 saturated carbocycles. The fourth-order valence-electron chi connectivity index (χ4n) is 8.16. The molecular weight excluding hydrogens is 1010 g/mol. The molecule has 1 saturated heterocycles. The third-order valence-electron chi connectivity index (χ3n) is 12.0. The molecule has 2 aromatic carbocycles. The molecule has 1 unspecified atom stereocenters. The fourth-order valence-corrected chi connectivity index (χ4v) is 8.37. The van der Waals surface area contributed by atoms with Crippen LogP contribution in [0.3, 0.4) is 0 Å². The molecule has 10 amide bonds. The van der Waals surface area contributed by atoms with Crippen LogP contribution in [0.5, 0.6) is 0 Å². The summed E-state index contributed by atoms with van der Waals surface area (Å²) in [5.74, 6) is -9.68. The number of hydrogen-bond donors (Lipinski definition) is 17. The Morgan fingerprint density at radius 3 is 1.93 bits per heavy atom. The van der Waals surface area contributed by atoms with Crippen LogP contribution in [0.4, 0.5) is 0 Å². The quantitative estimate of drug-likeness (QED) is 0.0336. The van der Waals surface area contributed by atoms with Crippen LogP contribution < -0.4 is 76.1 Å². The Morgan fingerprint density at radius 2 is 1.29 bits per heavy atom. The highest BCUT2D eigenvalue weighted by molar-refractivity contribution is 6.31. The molecule has 0 spiro atoms. The zero-order valence-corrected chi connectivity index (χ0v) is 42.7. The summed E-state index contributed by atoms with van der Waals surface area (Å²) in [6.45, 7) is 1.31. The van der Waals surface area contributed by atoms with E-state index in [4.69, 9.17) is 45.4 Å². The summed E-state index contributed by atoms with van der Waals surface area (Å²) in [4.78, 5) is 140. The number of para-hydroxylation sites is 1. The smallest absolute Gasteiger partial charge is 0.243 e. The monoisotopic (exact) mass is 1080 g/mol. The third-order valence-corrected chi connectivity index (χ3v) is 12.4. The van der Waals surface area contributed by atoms with E-state index >= 15 is 0 Å². The maximum atomic E-state index is 14.6. The highest BCUT2D eigenvalue weighted by atomic mass is 35.5. The van der Waals surface area contributed by atoms with Gasteiger partial charge in [-0.2, -0.15) is 0 Å². The van der Waals surface area contributed by atoms with E-state index in [0.717, 1.165) is 17.8 Å². The molecule has 2 heterocycles. The number of aromatic nitrogens is 1.